The van der Waals surface area contributed by atoms with Gasteiger partial charge in [-0.3, -0.25) is 0 Å². The van der Waals surface area contributed by atoms with E-state index in [0.29, 0.717) is 0 Å². The molecule has 0 heterocycles. The minimum atomic E-state index is 0.837. The first-order valence-electron chi connectivity index (χ1n) is 2.09. The molecular weight excluding hydrogens is 106 g/mol. The summed E-state index contributed by atoms with van der Waals surface area (Å²) < 4.78 is 3.62. The van der Waals surface area contributed by atoms with Crippen molar-refractivity contribution in [2.75, 3.05) is 0 Å². The lowest BCUT2D eigenvalue weighted by molar-refractivity contribution is 1.45. The van der Waals surface area contributed by atoms with E-state index in [1.54, 1.807) is 6.08 Å². The van der Waals surface area contributed by atoms with Gasteiger partial charge in [-0.15, -0.1) is 6.58 Å². The Hall–Kier alpha value is -0.240. The number of nitrogens with zero attached hydrogens (tertiary/aromatic N) is 1. The first-order chi connectivity index (χ1) is 3.31. The molecule has 0 aromatic rings. The smallest absolute Gasteiger partial charge is 0.0265 e. The Morgan fingerprint density at radius 3 is 2.71 bits per heavy atom. The van der Waals surface area contributed by atoms with Crippen LogP contribution in [0.1, 0.15) is 13.3 Å². The molecule has 0 atom stereocenters. The average molecular weight is 115 g/mol. The van der Waals surface area contributed by atoms with Crippen molar-refractivity contribution in [1.82, 2.24) is 0 Å². The molecule has 0 aromatic carbocycles. The first kappa shape index (κ1) is 6.76. The van der Waals surface area contributed by atoms with E-state index in [1.807, 2.05) is 6.92 Å². The van der Waals surface area contributed by atoms with Gasteiger partial charge in [0.25, 0.3) is 0 Å². The van der Waals surface area contributed by atoms with Crippen molar-refractivity contribution >= 4 is 18.5 Å². The summed E-state index contributed by atoms with van der Waals surface area (Å²) in [6, 6.07) is 0. The molecule has 0 N–H and O–H groups in total. The van der Waals surface area contributed by atoms with Gasteiger partial charge in [0.1, 0.15) is 0 Å². The number of allylic oxidation sites excluding steroid dienone is 1. The minimum Gasteiger partial charge on any atom is -0.229 e. The van der Waals surface area contributed by atoms with Gasteiger partial charge in [0.05, 0.1) is 0 Å². The van der Waals surface area contributed by atoms with Crippen LogP contribution in [0.5, 0.6) is 0 Å². The Labute approximate surface area is 49.7 Å². The molecule has 0 aliphatic carbocycles. The lowest BCUT2D eigenvalue weighted by Crippen LogP contribution is -1.82. The molecule has 0 aromatic heterocycles. The van der Waals surface area contributed by atoms with Crippen LogP contribution in [0.3, 0.4) is 0 Å². The Morgan fingerprint density at radius 2 is 2.57 bits per heavy atom. The molecule has 0 aliphatic rings. The lowest BCUT2D eigenvalue weighted by Gasteiger charge is -1.85. The largest absolute Gasteiger partial charge is 0.229 e. The van der Waals surface area contributed by atoms with Gasteiger partial charge >= 0.3 is 0 Å². The predicted molar refractivity (Wildman–Crippen MR) is 36.9 cm³/mol. The number of rotatable bonds is 2. The zero-order valence-electron chi connectivity index (χ0n) is 4.39. The fourth-order valence-corrected chi connectivity index (χ4v) is 0.331. The molecule has 0 rings (SSSR count). The van der Waals surface area contributed by atoms with Crippen LogP contribution in [0.15, 0.2) is 17.1 Å². The van der Waals surface area contributed by atoms with Gasteiger partial charge in [0, 0.05) is 12.1 Å². The molecular formula is C5H9NS. The van der Waals surface area contributed by atoms with E-state index >= 15 is 0 Å². The highest BCUT2D eigenvalue weighted by Gasteiger charge is 1.79. The number of thiol groups is 1. The zero-order chi connectivity index (χ0) is 5.70. The Morgan fingerprint density at radius 1 is 2.00 bits per heavy atom. The normalized spacial score (nSPS) is 11.4. The third kappa shape index (κ3) is 3.59. The van der Waals surface area contributed by atoms with Crippen molar-refractivity contribution < 1.29 is 0 Å². The molecule has 0 bridgehead atoms. The molecule has 0 saturated heterocycles. The lowest BCUT2D eigenvalue weighted by atomic mass is 10.3. The fourth-order valence-electron chi connectivity index (χ4n) is 0.250. The van der Waals surface area contributed by atoms with Crippen LogP contribution < -0.4 is 0 Å². The van der Waals surface area contributed by atoms with Crippen LogP contribution in [-0.2, 0) is 0 Å². The molecule has 0 fully saturated rings. The van der Waals surface area contributed by atoms with E-state index in [-0.39, 0.29) is 0 Å². The average Bonchev–Trinajstić information content (AvgIpc) is 1.68. The van der Waals surface area contributed by atoms with Crippen LogP contribution in [-0.4, -0.2) is 5.71 Å². The van der Waals surface area contributed by atoms with Crippen LogP contribution in [0.2, 0.25) is 0 Å². The van der Waals surface area contributed by atoms with E-state index in [4.69, 9.17) is 0 Å². The molecule has 7 heavy (non-hydrogen) atoms. The van der Waals surface area contributed by atoms with Crippen LogP contribution in [0.25, 0.3) is 0 Å². The maximum atomic E-state index is 3.69. The fraction of sp³-hybridized carbons (Fsp3) is 0.400. The van der Waals surface area contributed by atoms with E-state index in [0.717, 1.165) is 12.1 Å². The van der Waals surface area contributed by atoms with Crippen LogP contribution >= 0.6 is 12.8 Å². The van der Waals surface area contributed by atoms with Gasteiger partial charge in [-0.2, -0.15) is 0 Å². The Kier molecular flexibility index (Phi) is 3.80. The second kappa shape index (κ2) is 3.93. The summed E-state index contributed by atoms with van der Waals surface area (Å²) in [5.74, 6) is 0. The highest BCUT2D eigenvalue weighted by molar-refractivity contribution is 7.79. The number of hydrogen-bond donors (Lipinski definition) is 1. The van der Waals surface area contributed by atoms with E-state index in [1.165, 1.54) is 0 Å². The molecule has 1 nitrogen and oxygen atoms in total. The summed E-state index contributed by atoms with van der Waals surface area (Å²) in [7, 11) is 0. The summed E-state index contributed by atoms with van der Waals surface area (Å²) in [6.45, 7) is 5.45. The maximum absolute atomic E-state index is 3.69. The quantitative estimate of drug-likeness (QED) is 0.320. The van der Waals surface area contributed by atoms with Crippen molar-refractivity contribution in [3.8, 4) is 0 Å². The van der Waals surface area contributed by atoms with Gasteiger partial charge in [0.2, 0.25) is 0 Å². The minimum absolute atomic E-state index is 0.837. The third-order valence-corrected chi connectivity index (χ3v) is 0.952. The second-order valence-corrected chi connectivity index (χ2v) is 1.53. The van der Waals surface area contributed by atoms with Gasteiger partial charge in [-0.1, -0.05) is 6.08 Å². The monoisotopic (exact) mass is 115 g/mol. The van der Waals surface area contributed by atoms with Crippen molar-refractivity contribution in [3.63, 3.8) is 0 Å². The topological polar surface area (TPSA) is 12.4 Å². The van der Waals surface area contributed by atoms with Gasteiger partial charge in [-0.25, -0.2) is 4.40 Å². The van der Waals surface area contributed by atoms with Crippen molar-refractivity contribution in [1.29, 1.82) is 0 Å². The second-order valence-electron chi connectivity index (χ2n) is 1.33. The first-order valence-corrected chi connectivity index (χ1v) is 2.49. The summed E-state index contributed by atoms with van der Waals surface area (Å²) in [5.41, 5.74) is 0.998. The van der Waals surface area contributed by atoms with Crippen LogP contribution in [0.4, 0.5) is 0 Å². The highest BCUT2D eigenvalue weighted by atomic mass is 32.1. The molecule has 0 spiro atoms. The van der Waals surface area contributed by atoms with Crippen molar-refractivity contribution in [2.24, 2.45) is 4.40 Å². The van der Waals surface area contributed by atoms with E-state index in [9.17, 15) is 0 Å². The van der Waals surface area contributed by atoms with E-state index < -0.39 is 0 Å². The molecule has 0 aliphatic heterocycles. The third-order valence-electron chi connectivity index (χ3n) is 0.610. The maximum Gasteiger partial charge on any atom is 0.0265 e. The number of hydrogen-bond acceptors (Lipinski definition) is 2. The van der Waals surface area contributed by atoms with Crippen molar-refractivity contribution in [3.05, 3.63) is 12.7 Å². The molecule has 0 amide bonds. The van der Waals surface area contributed by atoms with Gasteiger partial charge in [-0.05, 0) is 19.7 Å². The van der Waals surface area contributed by atoms with Gasteiger partial charge < -0.3 is 0 Å². The molecule has 0 unspecified atom stereocenters. The summed E-state index contributed by atoms with van der Waals surface area (Å²) in [5, 5.41) is 0. The highest BCUT2D eigenvalue weighted by Crippen LogP contribution is 1.87. The van der Waals surface area contributed by atoms with E-state index in [2.05, 4.69) is 23.8 Å². The van der Waals surface area contributed by atoms with Crippen LogP contribution in [0, 0.1) is 0 Å². The molecule has 2 heteroatoms. The Balaban J connectivity index is 3.36. The standard InChI is InChI=1S/C5H9NS/c1-3-4-5(2)6-7/h3,7H,1,4H2,2H3. The summed E-state index contributed by atoms with van der Waals surface area (Å²) in [6.07, 6.45) is 2.64. The zero-order valence-corrected chi connectivity index (χ0v) is 5.28. The predicted octanol–water partition coefficient (Wildman–Crippen LogP) is 1.87. The SMILES string of the molecule is C=CCC(C)=NS. The summed E-state index contributed by atoms with van der Waals surface area (Å²) in [4.78, 5) is 0. The van der Waals surface area contributed by atoms with Gasteiger partial charge in [0.15, 0.2) is 0 Å². The molecule has 0 saturated carbocycles. The molecule has 0 radical (unpaired) electrons. The summed E-state index contributed by atoms with van der Waals surface area (Å²) >= 11 is 3.69. The Bertz CT molecular complexity index is 86.1. The van der Waals surface area contributed by atoms with Crippen molar-refractivity contribution in [2.45, 2.75) is 13.3 Å². The molecule has 40 valence electrons.